The number of ether oxygens (including phenoxy) is 1. The van der Waals surface area contributed by atoms with Crippen molar-refractivity contribution in [2.24, 2.45) is 40.4 Å². The lowest BCUT2D eigenvalue weighted by atomic mass is 9.44. The number of Topliss-reactive ketones (excluding diaryl/α,β-unsaturated/α-hetero) is 1. The predicted octanol–water partition coefficient (Wildman–Crippen LogP) is 4.84. The number of ketones is 1. The predicted molar refractivity (Wildman–Crippen MR) is 114 cm³/mol. The lowest BCUT2D eigenvalue weighted by Gasteiger charge is -2.60. The average Bonchev–Trinajstić information content (AvgIpc) is 3.48. The van der Waals surface area contributed by atoms with E-state index in [2.05, 4.69) is 26.8 Å². The zero-order valence-corrected chi connectivity index (χ0v) is 19.1. The van der Waals surface area contributed by atoms with Crippen LogP contribution in [0.25, 0.3) is 0 Å². The first-order valence-corrected chi connectivity index (χ1v) is 12.3. The highest BCUT2D eigenvalue weighted by Crippen LogP contribution is 2.69. The third kappa shape index (κ3) is 2.68. The molecule has 8 atom stereocenters. The molecule has 1 unspecified atom stereocenters. The molecule has 0 aliphatic heterocycles. The second-order valence-corrected chi connectivity index (χ2v) is 11.7. The standard InChI is InChI=1S/C26H38O4/c1-15-13-19-20(24(3)10-7-18(28)14-22(15)24)8-11-25(4)21(19)9-12-26(25,16(2)27)30-23(29)17-5-6-17/h14-15,17-21,28H,5-13H2,1-4H3/t15-,18?,19+,20-,21-,24+,25-,26-/m0/s1. The summed E-state index contributed by atoms with van der Waals surface area (Å²) in [5, 5.41) is 10.3. The van der Waals surface area contributed by atoms with E-state index in [1.54, 1.807) is 6.92 Å². The van der Waals surface area contributed by atoms with Gasteiger partial charge in [-0.25, -0.2) is 0 Å². The topological polar surface area (TPSA) is 63.6 Å². The molecule has 5 aliphatic carbocycles. The first kappa shape index (κ1) is 20.7. The minimum atomic E-state index is -0.925. The molecule has 30 heavy (non-hydrogen) atoms. The number of esters is 1. The van der Waals surface area contributed by atoms with Crippen molar-refractivity contribution in [2.45, 2.75) is 97.2 Å². The Labute approximate surface area is 180 Å². The van der Waals surface area contributed by atoms with Crippen LogP contribution in [0.1, 0.15) is 85.5 Å². The number of hydrogen-bond donors (Lipinski definition) is 1. The molecule has 4 nitrogen and oxygen atoms in total. The normalized spacial score (nSPS) is 50.0. The number of carbonyl (C=O) groups excluding carboxylic acids is 2. The van der Waals surface area contributed by atoms with Crippen LogP contribution < -0.4 is 0 Å². The van der Waals surface area contributed by atoms with E-state index in [0.717, 1.165) is 51.4 Å². The molecule has 0 heterocycles. The summed E-state index contributed by atoms with van der Waals surface area (Å²) < 4.78 is 6.18. The number of allylic oxidation sites excluding steroid dienone is 1. The first-order chi connectivity index (χ1) is 14.1. The van der Waals surface area contributed by atoms with Crippen LogP contribution in [0, 0.1) is 40.4 Å². The zero-order valence-electron chi connectivity index (χ0n) is 19.1. The number of hydrogen-bond acceptors (Lipinski definition) is 4. The number of fused-ring (bicyclic) bond motifs is 5. The van der Waals surface area contributed by atoms with Crippen LogP contribution in [0.5, 0.6) is 0 Å². The number of aliphatic hydroxyl groups is 1. The van der Waals surface area contributed by atoms with Gasteiger partial charge in [-0.3, -0.25) is 9.59 Å². The maximum atomic E-state index is 13.0. The van der Waals surface area contributed by atoms with E-state index >= 15 is 0 Å². The molecule has 4 heteroatoms. The highest BCUT2D eigenvalue weighted by Gasteiger charge is 2.68. The van der Waals surface area contributed by atoms with Gasteiger partial charge in [0.1, 0.15) is 0 Å². The number of carbonyl (C=O) groups is 2. The maximum absolute atomic E-state index is 13.0. The van der Waals surface area contributed by atoms with Crippen molar-refractivity contribution in [3.8, 4) is 0 Å². The molecule has 166 valence electrons. The van der Waals surface area contributed by atoms with Gasteiger partial charge in [-0.15, -0.1) is 0 Å². The molecule has 4 saturated carbocycles. The third-order valence-corrected chi connectivity index (χ3v) is 10.3. The zero-order chi connectivity index (χ0) is 21.5. The van der Waals surface area contributed by atoms with Crippen molar-refractivity contribution in [1.29, 1.82) is 0 Å². The monoisotopic (exact) mass is 414 g/mol. The summed E-state index contributed by atoms with van der Waals surface area (Å²) in [5.74, 6) is 2.01. The van der Waals surface area contributed by atoms with Crippen LogP contribution in [-0.4, -0.2) is 28.6 Å². The second kappa shape index (κ2) is 6.67. The van der Waals surface area contributed by atoms with Gasteiger partial charge in [0.25, 0.3) is 0 Å². The lowest BCUT2D eigenvalue weighted by Crippen LogP contribution is -2.59. The van der Waals surface area contributed by atoms with E-state index in [4.69, 9.17) is 4.74 Å². The van der Waals surface area contributed by atoms with E-state index in [9.17, 15) is 14.7 Å². The Hall–Kier alpha value is -1.16. The van der Waals surface area contributed by atoms with Crippen LogP contribution in [0.2, 0.25) is 0 Å². The Balaban J connectivity index is 1.49. The Morgan fingerprint density at radius 3 is 2.40 bits per heavy atom. The van der Waals surface area contributed by atoms with Crippen LogP contribution in [0.15, 0.2) is 11.6 Å². The summed E-state index contributed by atoms with van der Waals surface area (Å²) in [5.41, 5.74) is 0.457. The molecule has 0 aromatic carbocycles. The van der Waals surface area contributed by atoms with Gasteiger partial charge in [-0.1, -0.05) is 32.4 Å². The van der Waals surface area contributed by atoms with Gasteiger partial charge in [-0.2, -0.15) is 0 Å². The molecule has 0 spiro atoms. The van der Waals surface area contributed by atoms with Crippen molar-refractivity contribution in [2.75, 3.05) is 0 Å². The van der Waals surface area contributed by atoms with Gasteiger partial charge in [0.15, 0.2) is 11.4 Å². The molecule has 4 fully saturated rings. The van der Waals surface area contributed by atoms with E-state index in [0.29, 0.717) is 30.1 Å². The molecule has 0 aromatic rings. The number of aliphatic hydroxyl groups excluding tert-OH is 1. The van der Waals surface area contributed by atoms with Gasteiger partial charge >= 0.3 is 5.97 Å². The summed E-state index contributed by atoms with van der Waals surface area (Å²) >= 11 is 0. The van der Waals surface area contributed by atoms with Gasteiger partial charge in [0, 0.05) is 5.41 Å². The highest BCUT2D eigenvalue weighted by atomic mass is 16.6. The van der Waals surface area contributed by atoms with Crippen molar-refractivity contribution in [3.05, 3.63) is 11.6 Å². The molecular formula is C26H38O4. The largest absolute Gasteiger partial charge is 0.450 e. The summed E-state index contributed by atoms with van der Waals surface area (Å²) in [6.07, 6.45) is 10.5. The minimum absolute atomic E-state index is 0.0233. The average molecular weight is 415 g/mol. The molecule has 0 amide bonds. The Bertz CT molecular complexity index is 797. The van der Waals surface area contributed by atoms with Crippen molar-refractivity contribution in [1.82, 2.24) is 0 Å². The maximum Gasteiger partial charge on any atom is 0.309 e. The quantitative estimate of drug-likeness (QED) is 0.530. The Morgan fingerprint density at radius 1 is 1.03 bits per heavy atom. The van der Waals surface area contributed by atoms with E-state index in [1.807, 2.05) is 0 Å². The van der Waals surface area contributed by atoms with Crippen molar-refractivity contribution >= 4 is 11.8 Å². The smallest absolute Gasteiger partial charge is 0.309 e. The lowest BCUT2D eigenvalue weighted by molar-refractivity contribution is -0.190. The molecule has 0 saturated heterocycles. The van der Waals surface area contributed by atoms with Crippen molar-refractivity contribution in [3.63, 3.8) is 0 Å². The third-order valence-electron chi connectivity index (χ3n) is 10.3. The molecular weight excluding hydrogens is 376 g/mol. The van der Waals surface area contributed by atoms with E-state index < -0.39 is 5.60 Å². The Morgan fingerprint density at radius 2 is 1.73 bits per heavy atom. The number of rotatable bonds is 3. The Kier molecular flexibility index (Phi) is 4.61. The van der Waals surface area contributed by atoms with Gasteiger partial charge < -0.3 is 9.84 Å². The van der Waals surface area contributed by atoms with Crippen LogP contribution in [0.4, 0.5) is 0 Å². The van der Waals surface area contributed by atoms with Crippen molar-refractivity contribution < 1.29 is 19.4 Å². The van der Waals surface area contributed by atoms with E-state index in [1.165, 1.54) is 5.57 Å². The van der Waals surface area contributed by atoms with Gasteiger partial charge in [-0.05, 0) is 93.8 Å². The molecule has 0 radical (unpaired) electrons. The first-order valence-electron chi connectivity index (χ1n) is 12.3. The fourth-order valence-corrected chi connectivity index (χ4v) is 8.53. The van der Waals surface area contributed by atoms with Gasteiger partial charge in [0.2, 0.25) is 0 Å². The molecule has 5 rings (SSSR count). The summed E-state index contributed by atoms with van der Waals surface area (Å²) in [6, 6.07) is 0. The molecule has 1 N–H and O–H groups in total. The molecule has 5 aliphatic rings. The fraction of sp³-hybridized carbons (Fsp3) is 0.846. The van der Waals surface area contributed by atoms with Crippen LogP contribution in [0.3, 0.4) is 0 Å². The van der Waals surface area contributed by atoms with Crippen LogP contribution >= 0.6 is 0 Å². The fourth-order valence-electron chi connectivity index (χ4n) is 8.53. The summed E-state index contributed by atoms with van der Waals surface area (Å²) in [6.45, 7) is 8.66. The SMILES string of the molecule is CC(=O)[C@@]1(OC(=O)C2CC2)CC[C@H]2[C@@H]3C[C@H](C)C4=CC(O)CC[C@]4(C)[C@H]3CC[C@@]21C. The van der Waals surface area contributed by atoms with Gasteiger partial charge in [0.05, 0.1) is 12.0 Å². The molecule has 0 aromatic heterocycles. The van der Waals surface area contributed by atoms with Crippen LogP contribution in [-0.2, 0) is 14.3 Å². The second-order valence-electron chi connectivity index (χ2n) is 11.7. The highest BCUT2D eigenvalue weighted by molar-refractivity contribution is 5.90. The molecule has 0 bridgehead atoms. The minimum Gasteiger partial charge on any atom is -0.450 e. The van der Waals surface area contributed by atoms with E-state index in [-0.39, 0.29) is 34.6 Å². The summed E-state index contributed by atoms with van der Waals surface area (Å²) in [7, 11) is 0. The summed E-state index contributed by atoms with van der Waals surface area (Å²) in [4.78, 5) is 25.7.